The molecular formula is C69H122O3. The second kappa shape index (κ2) is 41300. The Morgan fingerprint density at radius 3 is 0.0972 bits per heavy atom. The molecule has 0 aliphatic rings. The summed E-state index contributed by atoms with van der Waals surface area (Å²) in [6.07, 6.45) is 0. The van der Waals surface area contributed by atoms with Gasteiger partial charge in [-0.05, 0) is 0 Å². The van der Waals surface area contributed by atoms with Crippen LogP contribution in [0.1, 0.15) is 0 Å². The molecule has 0 atom stereocenters. The third kappa shape index (κ3) is 1940. The first kappa shape index (κ1) is 258. The predicted octanol–water partition coefficient (Wildman–Crippen LogP) is 23.9. The molecule has 0 fully saturated rings. The molecule has 3 nitrogen and oxygen atoms in total. The summed E-state index contributed by atoms with van der Waals surface area (Å²) >= 11 is 0. The molecule has 0 aliphatic heterocycles. The molecule has 0 spiro atoms. The van der Waals surface area contributed by atoms with Crippen LogP contribution in [0.5, 0.6) is 0 Å². The highest BCUT2D eigenvalue weighted by Crippen LogP contribution is 1.18. The second-order valence-electron chi connectivity index (χ2n) is 2.00. The average molecular weight is 1000 g/mol. The van der Waals surface area contributed by atoms with Gasteiger partial charge in [0.1, 0.15) is 20.4 Å². The lowest BCUT2D eigenvalue weighted by atomic mass is 11.0. The van der Waals surface area contributed by atoms with Crippen molar-refractivity contribution in [2.75, 3.05) is 0 Å². The number of carbonyl (C=O) groups excluding carboxylic acids is 3. The van der Waals surface area contributed by atoms with E-state index in [4.69, 9.17) is 14.4 Å². The van der Waals surface area contributed by atoms with Gasteiger partial charge in [-0.1, -0.05) is 105 Å². The van der Waals surface area contributed by atoms with Gasteiger partial charge >= 0.3 is 0 Å². The minimum Gasteiger partial charge on any atom is -0.307 e. The molecule has 0 aliphatic carbocycles. The van der Waals surface area contributed by atoms with E-state index >= 15 is 0 Å². The first-order valence-corrected chi connectivity index (χ1v) is 17.0. The van der Waals surface area contributed by atoms with Gasteiger partial charge in [0.05, 0.1) is 0 Å². The van der Waals surface area contributed by atoms with E-state index in [2.05, 4.69) is 427 Å². The monoisotopic (exact) mass is 999 g/mol. The van der Waals surface area contributed by atoms with E-state index in [-0.39, 0.29) is 0 Å². The van der Waals surface area contributed by atoms with Gasteiger partial charge in [-0.15, -0.1) is 322 Å². The van der Waals surface area contributed by atoms with Crippen LogP contribution in [0.15, 0.2) is 427 Å². The van der Waals surface area contributed by atoms with Crippen molar-refractivity contribution in [1.82, 2.24) is 0 Å². The Morgan fingerprint density at radius 2 is 0.0972 bits per heavy atom. The molecule has 0 aromatic rings. The van der Waals surface area contributed by atoms with Crippen molar-refractivity contribution in [2.24, 2.45) is 0 Å². The smallest absolute Gasteiger partial charge is 0.106 e. The molecule has 0 bridgehead atoms. The Morgan fingerprint density at radius 1 is 0.0972 bits per heavy atom. The molecule has 0 unspecified atom stereocenters. The highest BCUT2D eigenvalue weighted by molar-refractivity contribution is 5.11. The van der Waals surface area contributed by atoms with E-state index in [1.54, 1.807) is 0 Å². The molecule has 3 heteroatoms. The number of hydrogen-bond acceptors (Lipinski definition) is 3. The van der Waals surface area contributed by atoms with Gasteiger partial charge in [0, 0.05) is 0 Å². The second-order valence-corrected chi connectivity index (χ2v) is 2.00. The van der Waals surface area contributed by atoms with Gasteiger partial charge in [0.15, 0.2) is 0 Å². The Balaban J connectivity index is -0.00000000766. The van der Waals surface area contributed by atoms with Crippen molar-refractivity contribution in [1.29, 1.82) is 0 Å². The summed E-state index contributed by atoms with van der Waals surface area (Å²) in [6.45, 7) is 182. The van der Waals surface area contributed by atoms with E-state index in [0.717, 1.165) is 0 Å². The van der Waals surface area contributed by atoms with Gasteiger partial charge in [-0.2, -0.15) is 0 Å². The largest absolute Gasteiger partial charge is 0.307 e. The maximum atomic E-state index is 8.00. The Hall–Kier alpha value is -10.3. The lowest BCUT2D eigenvalue weighted by Gasteiger charge is -1.10. The highest BCUT2D eigenvalue weighted by atomic mass is 16.1. The highest BCUT2D eigenvalue weighted by Gasteiger charge is 0.929. The Kier molecular flexibility index (Phi) is 148000. The number of hydrogen-bond donors (Lipinski definition) is 0. The van der Waals surface area contributed by atoms with Crippen molar-refractivity contribution < 1.29 is 14.4 Å². The minimum absolute atomic E-state index is 2.00. The van der Waals surface area contributed by atoms with Crippen LogP contribution in [0, 0.1) is 0 Å². The van der Waals surface area contributed by atoms with E-state index in [9.17, 15) is 0 Å². The minimum atomic E-state index is 2.00. The fourth-order valence-corrected chi connectivity index (χ4v) is 0. The lowest BCUT2D eigenvalue weighted by molar-refractivity contribution is -0.0987. The molecule has 72 heavy (non-hydrogen) atoms. The lowest BCUT2D eigenvalue weighted by Crippen LogP contribution is -0.925. The third-order valence-corrected chi connectivity index (χ3v) is 0. The van der Waals surface area contributed by atoms with Crippen molar-refractivity contribution in [3.05, 3.63) is 427 Å². The van der Waals surface area contributed by atoms with Crippen LogP contribution in [-0.4, -0.2) is 20.4 Å². The molecule has 0 saturated heterocycles. The van der Waals surface area contributed by atoms with E-state index < -0.39 is 0 Å². The van der Waals surface area contributed by atoms with Crippen LogP contribution in [0.25, 0.3) is 0 Å². The van der Waals surface area contributed by atoms with Gasteiger partial charge < -0.3 is 14.4 Å². The SMILES string of the molecule is C=C.C=C.C=C.C=C.C=C.C=C.C=C.C=C.C=C.C=C.C=C.C=C.C=C.C=C.C=C.C=C.C=C.C=C.C=C.C=C.C=C.C=C=C.C=C=C.C=C=C.C=C=C.C=C=C.C=C=C.C=C=C.C=C=C.C=O.C=O.C=O. The van der Waals surface area contributed by atoms with Gasteiger partial charge in [0.2, 0.25) is 0 Å². The Labute approximate surface area is 460 Å². The van der Waals surface area contributed by atoms with Gasteiger partial charge in [0.25, 0.3) is 0 Å². The van der Waals surface area contributed by atoms with Crippen molar-refractivity contribution in [3.63, 3.8) is 0 Å². The predicted molar refractivity (Wildman–Crippen MR) is 376 cm³/mol. The molecule has 0 radical (unpaired) electrons. The summed E-state index contributed by atoms with van der Waals surface area (Å²) in [4.78, 5) is 24.0. The summed E-state index contributed by atoms with van der Waals surface area (Å²) < 4.78 is 0. The summed E-state index contributed by atoms with van der Waals surface area (Å²) in [6, 6.07) is 0. The molecule has 0 rings (SSSR count). The maximum absolute atomic E-state index is 8.00. The van der Waals surface area contributed by atoms with Crippen molar-refractivity contribution in [3.8, 4) is 0 Å². The van der Waals surface area contributed by atoms with Crippen LogP contribution in [0.4, 0.5) is 0 Å². The Bertz CT molecular complexity index is 572. The summed E-state index contributed by atoms with van der Waals surface area (Å²) in [5.74, 6) is 0. The summed E-state index contributed by atoms with van der Waals surface area (Å²) in [5, 5.41) is 0. The fourth-order valence-electron chi connectivity index (χ4n) is 0. The first-order chi connectivity index (χ1) is 35.3. The molecule has 0 aromatic heterocycles. The van der Waals surface area contributed by atoms with E-state index in [1.807, 2.05) is 20.4 Å². The van der Waals surface area contributed by atoms with E-state index in [0.29, 0.717) is 0 Å². The van der Waals surface area contributed by atoms with Crippen LogP contribution in [0.3, 0.4) is 0 Å². The molecule has 416 valence electrons. The van der Waals surface area contributed by atoms with Crippen LogP contribution in [-0.2, 0) is 14.4 Å². The summed E-state index contributed by atoms with van der Waals surface area (Å²) in [5.41, 5.74) is 18.0. The molecular weight excluding hydrogens is 877 g/mol. The quantitative estimate of drug-likeness (QED) is 0.179. The zero-order chi connectivity index (χ0) is 69.7. The van der Waals surface area contributed by atoms with Crippen LogP contribution in [0.2, 0.25) is 0 Å². The molecule has 0 saturated carbocycles. The van der Waals surface area contributed by atoms with Crippen LogP contribution < -0.4 is 0 Å². The molecule has 0 heterocycles. The topological polar surface area (TPSA) is 51.2 Å². The van der Waals surface area contributed by atoms with Crippen molar-refractivity contribution >= 4 is 20.4 Å². The fraction of sp³-hybridized carbons (Fsp3) is 0. The first-order valence-electron chi connectivity index (χ1n) is 17.0. The van der Waals surface area contributed by atoms with Gasteiger partial charge in [-0.25, -0.2) is 0 Å². The zero-order valence-corrected chi connectivity index (χ0v) is 48.4. The van der Waals surface area contributed by atoms with E-state index in [1.165, 1.54) is 0 Å². The third-order valence-electron chi connectivity index (χ3n) is 0. The molecule has 0 N–H and O–H groups in total. The summed E-state index contributed by atoms with van der Waals surface area (Å²) in [7, 11) is 0. The maximum Gasteiger partial charge on any atom is 0.106 e. The zero-order valence-electron chi connectivity index (χ0n) is 48.4. The van der Waals surface area contributed by atoms with Crippen LogP contribution >= 0.6 is 0 Å². The van der Waals surface area contributed by atoms with Crippen molar-refractivity contribution in [2.45, 2.75) is 0 Å². The van der Waals surface area contributed by atoms with Gasteiger partial charge in [-0.3, -0.25) is 0 Å². The normalized spacial score (nSPS) is 2.22. The molecule has 0 amide bonds. The number of carbonyl (C=O) groups is 3. The average Bonchev–Trinajstić information content (AvgIpc) is 3.53. The standard InChI is InChI=1S/8C3H4.21C2H4.3CH2O/c8*1-3-2;24*1-2/h8*1-2H2;21*1-2H2;3*1H2. The number of rotatable bonds is 0. The molecule has 0 aromatic carbocycles.